The molecule has 18 heavy (non-hydrogen) atoms. The molecule has 3 heteroatoms. The molecule has 1 aromatic carbocycles. The summed E-state index contributed by atoms with van der Waals surface area (Å²) in [5.41, 5.74) is 1.41. The van der Waals surface area contributed by atoms with E-state index < -0.39 is 0 Å². The lowest BCUT2D eigenvalue weighted by molar-refractivity contribution is -0.126. The first kappa shape index (κ1) is 13.1. The Labute approximate surface area is 109 Å². The summed E-state index contributed by atoms with van der Waals surface area (Å²) in [4.78, 5) is 11.8. The second kappa shape index (κ2) is 5.53. The lowest BCUT2D eigenvalue weighted by Gasteiger charge is -2.29. The molecule has 0 unspecified atom stereocenters. The summed E-state index contributed by atoms with van der Waals surface area (Å²) in [6.45, 7) is 6.77. The van der Waals surface area contributed by atoms with E-state index in [0.29, 0.717) is 0 Å². The van der Waals surface area contributed by atoms with Crippen LogP contribution in [0.5, 0.6) is 0 Å². The van der Waals surface area contributed by atoms with Crippen molar-refractivity contribution < 1.29 is 4.79 Å². The van der Waals surface area contributed by atoms with Crippen molar-refractivity contribution in [1.29, 1.82) is 0 Å². The molecule has 1 saturated heterocycles. The minimum absolute atomic E-state index is 0.0915. The molecule has 0 saturated carbocycles. The Hall–Kier alpha value is -1.35. The lowest BCUT2D eigenvalue weighted by Crippen LogP contribution is -2.52. The molecule has 3 nitrogen and oxygen atoms in total. The maximum absolute atomic E-state index is 11.8. The van der Waals surface area contributed by atoms with Gasteiger partial charge in [-0.05, 0) is 17.4 Å². The molecule has 0 aromatic heterocycles. The Morgan fingerprint density at radius 2 is 2.00 bits per heavy atom. The molecule has 0 aliphatic carbocycles. The normalized spacial score (nSPS) is 16.1. The van der Waals surface area contributed by atoms with Crippen molar-refractivity contribution in [3.05, 3.63) is 35.9 Å². The van der Waals surface area contributed by atoms with Gasteiger partial charge >= 0.3 is 0 Å². The predicted molar refractivity (Wildman–Crippen MR) is 73.3 cm³/mol. The molecule has 0 atom stereocenters. The van der Waals surface area contributed by atoms with E-state index in [0.717, 1.165) is 26.1 Å². The largest absolute Gasteiger partial charge is 0.355 e. The van der Waals surface area contributed by atoms with E-state index in [2.05, 4.69) is 48.7 Å². The fraction of sp³-hybridized carbons (Fsp3) is 0.533. The highest BCUT2D eigenvalue weighted by molar-refractivity contribution is 5.80. The molecule has 2 N–H and O–H groups in total. The zero-order valence-corrected chi connectivity index (χ0v) is 11.2. The van der Waals surface area contributed by atoms with Gasteiger partial charge in [0.15, 0.2) is 0 Å². The number of hydrogen-bond acceptors (Lipinski definition) is 2. The number of hydrogen-bond donors (Lipinski definition) is 2. The van der Waals surface area contributed by atoms with E-state index in [9.17, 15) is 4.79 Å². The first-order valence-corrected chi connectivity index (χ1v) is 6.59. The van der Waals surface area contributed by atoms with Gasteiger partial charge in [-0.15, -0.1) is 0 Å². The van der Waals surface area contributed by atoms with Crippen LogP contribution in [0, 0.1) is 11.3 Å². The monoisotopic (exact) mass is 246 g/mol. The van der Waals surface area contributed by atoms with Crippen molar-refractivity contribution in [3.63, 3.8) is 0 Å². The van der Waals surface area contributed by atoms with E-state index >= 15 is 0 Å². The first-order valence-electron chi connectivity index (χ1n) is 6.59. The van der Waals surface area contributed by atoms with Crippen LogP contribution in [-0.2, 0) is 11.2 Å². The summed E-state index contributed by atoms with van der Waals surface area (Å²) >= 11 is 0. The standard InChI is InChI=1S/C15H22N2O/c1-15(2,8-12-6-4-3-5-7-12)11-17-14(18)13-9-16-10-13/h3-7,13,16H,8-11H2,1-2H3,(H,17,18). The molecule has 1 aromatic rings. The molecule has 1 fully saturated rings. The van der Waals surface area contributed by atoms with Gasteiger partial charge in [0.25, 0.3) is 0 Å². The highest BCUT2D eigenvalue weighted by Crippen LogP contribution is 2.21. The van der Waals surface area contributed by atoms with Crippen molar-refractivity contribution >= 4 is 5.91 Å². The summed E-state index contributed by atoms with van der Waals surface area (Å²) < 4.78 is 0. The Kier molecular flexibility index (Phi) is 4.02. The minimum Gasteiger partial charge on any atom is -0.355 e. The van der Waals surface area contributed by atoms with Crippen molar-refractivity contribution in [2.24, 2.45) is 11.3 Å². The molecule has 0 spiro atoms. The fourth-order valence-electron chi connectivity index (χ4n) is 2.16. The third kappa shape index (κ3) is 3.57. The average molecular weight is 246 g/mol. The SMILES string of the molecule is CC(C)(CNC(=O)C1CNC1)Cc1ccccc1. The molecule has 1 aliphatic rings. The summed E-state index contributed by atoms with van der Waals surface area (Å²) in [6, 6.07) is 10.4. The molecule has 98 valence electrons. The maximum Gasteiger partial charge on any atom is 0.225 e. The van der Waals surface area contributed by atoms with E-state index in [1.807, 2.05) is 6.07 Å². The van der Waals surface area contributed by atoms with E-state index in [1.54, 1.807) is 0 Å². The molecule has 1 heterocycles. The number of nitrogens with one attached hydrogen (secondary N) is 2. The Balaban J connectivity index is 1.81. The van der Waals surface area contributed by atoms with Crippen LogP contribution in [0.15, 0.2) is 30.3 Å². The summed E-state index contributed by atoms with van der Waals surface area (Å²) in [5.74, 6) is 0.368. The van der Waals surface area contributed by atoms with Gasteiger partial charge in [-0.1, -0.05) is 44.2 Å². The fourth-order valence-corrected chi connectivity index (χ4v) is 2.16. The van der Waals surface area contributed by atoms with Gasteiger partial charge in [0.1, 0.15) is 0 Å². The third-order valence-corrected chi connectivity index (χ3v) is 3.42. The topological polar surface area (TPSA) is 41.1 Å². The van der Waals surface area contributed by atoms with Crippen LogP contribution in [0.1, 0.15) is 19.4 Å². The molecule has 1 aliphatic heterocycles. The average Bonchev–Trinajstić information content (AvgIpc) is 2.25. The Morgan fingerprint density at radius 1 is 1.33 bits per heavy atom. The molecule has 1 amide bonds. The molecular weight excluding hydrogens is 224 g/mol. The zero-order chi connectivity index (χ0) is 13.0. The second-order valence-electron chi connectivity index (χ2n) is 5.90. The van der Waals surface area contributed by atoms with Gasteiger partial charge in [0.2, 0.25) is 5.91 Å². The van der Waals surface area contributed by atoms with Gasteiger partial charge in [-0.25, -0.2) is 0 Å². The second-order valence-corrected chi connectivity index (χ2v) is 5.90. The first-order chi connectivity index (χ1) is 8.57. The number of carbonyl (C=O) groups is 1. The molecule has 0 radical (unpaired) electrons. The van der Waals surface area contributed by atoms with Crippen LogP contribution >= 0.6 is 0 Å². The highest BCUT2D eigenvalue weighted by Gasteiger charge is 2.26. The Morgan fingerprint density at radius 3 is 2.56 bits per heavy atom. The van der Waals surface area contributed by atoms with Gasteiger partial charge in [-0.2, -0.15) is 0 Å². The van der Waals surface area contributed by atoms with Crippen molar-refractivity contribution in [1.82, 2.24) is 10.6 Å². The van der Waals surface area contributed by atoms with E-state index in [1.165, 1.54) is 5.56 Å². The third-order valence-electron chi connectivity index (χ3n) is 3.42. The number of benzene rings is 1. The van der Waals surface area contributed by atoms with Crippen LogP contribution < -0.4 is 10.6 Å². The van der Waals surface area contributed by atoms with Crippen molar-refractivity contribution in [2.45, 2.75) is 20.3 Å². The van der Waals surface area contributed by atoms with Crippen LogP contribution in [0.2, 0.25) is 0 Å². The van der Waals surface area contributed by atoms with Crippen LogP contribution in [0.4, 0.5) is 0 Å². The maximum atomic E-state index is 11.8. The van der Waals surface area contributed by atoms with Gasteiger partial charge in [-0.3, -0.25) is 4.79 Å². The number of rotatable bonds is 5. The van der Waals surface area contributed by atoms with E-state index in [4.69, 9.17) is 0 Å². The number of carbonyl (C=O) groups excluding carboxylic acids is 1. The van der Waals surface area contributed by atoms with Crippen molar-refractivity contribution in [3.8, 4) is 0 Å². The zero-order valence-electron chi connectivity index (χ0n) is 11.2. The van der Waals surface area contributed by atoms with Crippen molar-refractivity contribution in [2.75, 3.05) is 19.6 Å². The molecule has 0 bridgehead atoms. The smallest absolute Gasteiger partial charge is 0.225 e. The van der Waals surface area contributed by atoms with E-state index in [-0.39, 0.29) is 17.2 Å². The molecule has 2 rings (SSSR count). The molecular formula is C15H22N2O. The lowest BCUT2D eigenvalue weighted by atomic mass is 9.85. The van der Waals surface area contributed by atoms with Gasteiger partial charge in [0.05, 0.1) is 5.92 Å². The predicted octanol–water partition coefficient (Wildman–Crippen LogP) is 1.59. The Bertz CT molecular complexity index is 396. The quantitative estimate of drug-likeness (QED) is 0.828. The van der Waals surface area contributed by atoms with Crippen LogP contribution in [0.3, 0.4) is 0 Å². The summed E-state index contributed by atoms with van der Waals surface area (Å²) in [7, 11) is 0. The summed E-state index contributed by atoms with van der Waals surface area (Å²) in [6.07, 6.45) is 0.983. The van der Waals surface area contributed by atoms with Crippen LogP contribution in [0.25, 0.3) is 0 Å². The number of amides is 1. The minimum atomic E-state index is 0.0915. The van der Waals surface area contributed by atoms with Gasteiger partial charge in [0, 0.05) is 19.6 Å². The van der Waals surface area contributed by atoms with Gasteiger partial charge < -0.3 is 10.6 Å². The summed E-state index contributed by atoms with van der Waals surface area (Å²) in [5, 5.41) is 6.18. The highest BCUT2D eigenvalue weighted by atomic mass is 16.2. The van der Waals surface area contributed by atoms with Crippen LogP contribution in [-0.4, -0.2) is 25.5 Å².